The SMILES string of the molecule is COc1ccc2cc(CNCC(O)CN)ccc2c1. The van der Waals surface area contributed by atoms with E-state index in [1.807, 2.05) is 18.2 Å². The number of nitrogens with two attached hydrogens (primary N) is 1. The van der Waals surface area contributed by atoms with Crippen molar-refractivity contribution in [1.29, 1.82) is 0 Å². The predicted octanol–water partition coefficient (Wildman–Crippen LogP) is 1.26. The lowest BCUT2D eigenvalue weighted by atomic mass is 10.1. The maximum absolute atomic E-state index is 9.36. The summed E-state index contributed by atoms with van der Waals surface area (Å²) in [4.78, 5) is 0. The van der Waals surface area contributed by atoms with E-state index >= 15 is 0 Å². The molecule has 0 saturated heterocycles. The average Bonchev–Trinajstić information content (AvgIpc) is 2.46. The van der Waals surface area contributed by atoms with E-state index < -0.39 is 6.10 Å². The van der Waals surface area contributed by atoms with Crippen molar-refractivity contribution in [2.24, 2.45) is 5.73 Å². The summed E-state index contributed by atoms with van der Waals surface area (Å²) in [5, 5.41) is 14.9. The van der Waals surface area contributed by atoms with Crippen molar-refractivity contribution in [1.82, 2.24) is 5.32 Å². The molecule has 0 saturated carbocycles. The number of fused-ring (bicyclic) bond motifs is 1. The summed E-state index contributed by atoms with van der Waals surface area (Å²) in [6, 6.07) is 12.3. The second-order valence-corrected chi connectivity index (χ2v) is 4.57. The predicted molar refractivity (Wildman–Crippen MR) is 77.3 cm³/mol. The molecular formula is C15H20N2O2. The van der Waals surface area contributed by atoms with Crippen LogP contribution in [-0.4, -0.2) is 31.4 Å². The zero-order valence-corrected chi connectivity index (χ0v) is 11.1. The Balaban J connectivity index is 2.05. The van der Waals surface area contributed by atoms with Gasteiger partial charge in [0.2, 0.25) is 0 Å². The first-order chi connectivity index (χ1) is 9.22. The fraction of sp³-hybridized carbons (Fsp3) is 0.333. The molecule has 0 aliphatic heterocycles. The van der Waals surface area contributed by atoms with Crippen molar-refractivity contribution in [3.63, 3.8) is 0 Å². The van der Waals surface area contributed by atoms with Crippen LogP contribution in [0.25, 0.3) is 10.8 Å². The molecule has 0 bridgehead atoms. The third kappa shape index (κ3) is 3.67. The van der Waals surface area contributed by atoms with E-state index in [4.69, 9.17) is 10.5 Å². The minimum absolute atomic E-state index is 0.282. The van der Waals surface area contributed by atoms with E-state index in [-0.39, 0.29) is 6.54 Å². The van der Waals surface area contributed by atoms with Crippen molar-refractivity contribution in [2.75, 3.05) is 20.2 Å². The van der Waals surface area contributed by atoms with Crippen LogP contribution in [0.5, 0.6) is 5.75 Å². The molecule has 2 aromatic rings. The number of hydrogen-bond donors (Lipinski definition) is 3. The van der Waals surface area contributed by atoms with Gasteiger partial charge in [0, 0.05) is 19.6 Å². The zero-order valence-electron chi connectivity index (χ0n) is 11.1. The van der Waals surface area contributed by atoms with E-state index in [9.17, 15) is 5.11 Å². The summed E-state index contributed by atoms with van der Waals surface area (Å²) in [5.74, 6) is 0.865. The number of nitrogens with one attached hydrogen (secondary N) is 1. The third-order valence-electron chi connectivity index (χ3n) is 3.09. The number of aliphatic hydroxyl groups excluding tert-OH is 1. The molecule has 0 fully saturated rings. The van der Waals surface area contributed by atoms with Gasteiger partial charge >= 0.3 is 0 Å². The lowest BCUT2D eigenvalue weighted by Crippen LogP contribution is -2.32. The first-order valence-electron chi connectivity index (χ1n) is 6.38. The van der Waals surface area contributed by atoms with Gasteiger partial charge < -0.3 is 20.9 Å². The fourth-order valence-electron chi connectivity index (χ4n) is 1.98. The van der Waals surface area contributed by atoms with E-state index in [1.54, 1.807) is 7.11 Å². The number of rotatable bonds is 6. The molecular weight excluding hydrogens is 240 g/mol. The van der Waals surface area contributed by atoms with Gasteiger partial charge in [-0.15, -0.1) is 0 Å². The van der Waals surface area contributed by atoms with Crippen LogP contribution in [0.2, 0.25) is 0 Å². The Hall–Kier alpha value is -1.62. The van der Waals surface area contributed by atoms with Crippen LogP contribution < -0.4 is 15.8 Å². The number of methoxy groups -OCH3 is 1. The topological polar surface area (TPSA) is 67.5 Å². The number of aliphatic hydroxyl groups is 1. The molecule has 1 unspecified atom stereocenters. The molecule has 2 rings (SSSR count). The molecule has 0 spiro atoms. The normalized spacial score (nSPS) is 12.6. The van der Waals surface area contributed by atoms with E-state index in [0.717, 1.165) is 17.7 Å². The molecule has 0 aliphatic carbocycles. The smallest absolute Gasteiger partial charge is 0.119 e. The van der Waals surface area contributed by atoms with Gasteiger partial charge in [0.1, 0.15) is 5.75 Å². The highest BCUT2D eigenvalue weighted by Crippen LogP contribution is 2.21. The molecule has 0 aromatic heterocycles. The van der Waals surface area contributed by atoms with E-state index in [2.05, 4.69) is 23.5 Å². The summed E-state index contributed by atoms with van der Waals surface area (Å²) in [6.45, 7) is 1.51. The quantitative estimate of drug-likeness (QED) is 0.731. The van der Waals surface area contributed by atoms with Gasteiger partial charge in [-0.3, -0.25) is 0 Å². The van der Waals surface area contributed by atoms with Gasteiger partial charge in [-0.1, -0.05) is 18.2 Å². The van der Waals surface area contributed by atoms with Crippen LogP contribution >= 0.6 is 0 Å². The van der Waals surface area contributed by atoms with Gasteiger partial charge in [-0.2, -0.15) is 0 Å². The highest BCUT2D eigenvalue weighted by molar-refractivity contribution is 5.84. The fourth-order valence-corrected chi connectivity index (χ4v) is 1.98. The molecule has 0 heterocycles. The Morgan fingerprint density at radius 2 is 1.95 bits per heavy atom. The van der Waals surface area contributed by atoms with E-state index in [0.29, 0.717) is 6.54 Å². The molecule has 4 nitrogen and oxygen atoms in total. The Bertz CT molecular complexity index is 543. The highest BCUT2D eigenvalue weighted by Gasteiger charge is 2.01. The Kier molecular flexibility index (Phi) is 4.74. The third-order valence-corrected chi connectivity index (χ3v) is 3.09. The molecule has 102 valence electrons. The number of benzene rings is 2. The van der Waals surface area contributed by atoms with Gasteiger partial charge in [-0.25, -0.2) is 0 Å². The van der Waals surface area contributed by atoms with Crippen molar-refractivity contribution in [3.8, 4) is 5.75 Å². The highest BCUT2D eigenvalue weighted by atomic mass is 16.5. The molecule has 1 atom stereocenters. The largest absolute Gasteiger partial charge is 0.497 e. The Morgan fingerprint density at radius 1 is 1.21 bits per heavy atom. The molecule has 2 aromatic carbocycles. The molecule has 4 heteroatoms. The van der Waals surface area contributed by atoms with Crippen LogP contribution in [0.1, 0.15) is 5.56 Å². The minimum atomic E-state index is -0.482. The van der Waals surface area contributed by atoms with Crippen LogP contribution in [0.4, 0.5) is 0 Å². The minimum Gasteiger partial charge on any atom is -0.497 e. The maximum Gasteiger partial charge on any atom is 0.119 e. The zero-order chi connectivity index (χ0) is 13.7. The van der Waals surface area contributed by atoms with Crippen molar-refractivity contribution < 1.29 is 9.84 Å². The van der Waals surface area contributed by atoms with E-state index in [1.165, 1.54) is 10.9 Å². The Labute approximate surface area is 113 Å². The summed E-state index contributed by atoms with van der Waals surface area (Å²) < 4.78 is 5.20. The van der Waals surface area contributed by atoms with Gasteiger partial charge in [0.25, 0.3) is 0 Å². The maximum atomic E-state index is 9.36. The monoisotopic (exact) mass is 260 g/mol. The van der Waals surface area contributed by atoms with Crippen LogP contribution in [-0.2, 0) is 6.54 Å². The average molecular weight is 260 g/mol. The summed E-state index contributed by atoms with van der Waals surface area (Å²) in [5.41, 5.74) is 6.53. The molecule has 0 radical (unpaired) electrons. The van der Waals surface area contributed by atoms with Crippen LogP contribution in [0.15, 0.2) is 36.4 Å². The second-order valence-electron chi connectivity index (χ2n) is 4.57. The van der Waals surface area contributed by atoms with Gasteiger partial charge in [0.05, 0.1) is 13.2 Å². The molecule has 19 heavy (non-hydrogen) atoms. The Morgan fingerprint density at radius 3 is 2.68 bits per heavy atom. The first kappa shape index (κ1) is 13.8. The number of hydrogen-bond acceptors (Lipinski definition) is 4. The molecule has 4 N–H and O–H groups in total. The lowest BCUT2D eigenvalue weighted by Gasteiger charge is -2.10. The van der Waals surface area contributed by atoms with Crippen molar-refractivity contribution >= 4 is 10.8 Å². The second kappa shape index (κ2) is 6.52. The van der Waals surface area contributed by atoms with Gasteiger partial charge in [0.15, 0.2) is 0 Å². The summed E-state index contributed by atoms with van der Waals surface area (Å²) >= 11 is 0. The van der Waals surface area contributed by atoms with Crippen molar-refractivity contribution in [3.05, 3.63) is 42.0 Å². The lowest BCUT2D eigenvalue weighted by molar-refractivity contribution is 0.179. The summed E-state index contributed by atoms with van der Waals surface area (Å²) in [6.07, 6.45) is -0.482. The number of ether oxygens (including phenoxy) is 1. The summed E-state index contributed by atoms with van der Waals surface area (Å²) in [7, 11) is 1.67. The van der Waals surface area contributed by atoms with Crippen LogP contribution in [0, 0.1) is 0 Å². The van der Waals surface area contributed by atoms with Crippen molar-refractivity contribution in [2.45, 2.75) is 12.6 Å². The first-order valence-corrected chi connectivity index (χ1v) is 6.38. The van der Waals surface area contributed by atoms with Crippen LogP contribution in [0.3, 0.4) is 0 Å². The standard InChI is InChI=1S/C15H20N2O2/c1-19-15-5-4-12-6-11(2-3-13(12)7-15)9-17-10-14(18)8-16/h2-7,14,17-18H,8-10,16H2,1H3. The molecule has 0 aliphatic rings. The van der Waals surface area contributed by atoms with Gasteiger partial charge in [-0.05, 0) is 34.5 Å². The molecule has 0 amide bonds.